The lowest BCUT2D eigenvalue weighted by molar-refractivity contribution is 0.0940. The highest BCUT2D eigenvalue weighted by molar-refractivity contribution is 6.02. The Bertz CT molecular complexity index is 305. The van der Waals surface area contributed by atoms with Gasteiger partial charge in [-0.15, -0.1) is 0 Å². The number of nitrogens with one attached hydrogen (secondary N) is 1. The molecule has 0 aliphatic carbocycles. The Hall–Kier alpha value is -1.31. The van der Waals surface area contributed by atoms with E-state index in [1.165, 1.54) is 0 Å². The molecule has 1 aromatic carbocycles. The molecule has 0 saturated carbocycles. The molecule has 0 bridgehead atoms. The summed E-state index contributed by atoms with van der Waals surface area (Å²) in [6, 6.07) is 7.57. The number of carbonyl (C=O) groups is 1. The molecule has 0 amide bonds. The first-order chi connectivity index (χ1) is 6.16. The van der Waals surface area contributed by atoms with Crippen LogP contribution in [-0.2, 0) is 0 Å². The quantitative estimate of drug-likeness (QED) is 0.719. The van der Waals surface area contributed by atoms with E-state index in [9.17, 15) is 4.79 Å². The molecule has 0 aromatic heterocycles. The van der Waals surface area contributed by atoms with Crippen molar-refractivity contribution >= 4 is 11.5 Å². The van der Waals surface area contributed by atoms with E-state index in [2.05, 4.69) is 5.32 Å². The number of carbonyl (C=O) groups excluding carboxylic acids is 1. The Labute approximate surface area is 79.0 Å². The molecule has 1 aromatic rings. The summed E-state index contributed by atoms with van der Waals surface area (Å²) < 4.78 is 0. The van der Waals surface area contributed by atoms with Gasteiger partial charge >= 0.3 is 0 Å². The zero-order valence-electron chi connectivity index (χ0n) is 8.29. The second-order valence-corrected chi connectivity index (χ2v) is 3.31. The van der Waals surface area contributed by atoms with E-state index in [1.54, 1.807) is 0 Å². The van der Waals surface area contributed by atoms with Crippen LogP contribution in [0.2, 0.25) is 0 Å². The highest BCUT2D eigenvalue weighted by Gasteiger charge is 2.12. The maximum Gasteiger partial charge on any atom is 0.167 e. The SMILES string of the molecule is CNc1ccccc1C(=O)C(C)C. The fourth-order valence-corrected chi connectivity index (χ4v) is 1.23. The maximum atomic E-state index is 11.7. The third-order valence-corrected chi connectivity index (χ3v) is 1.99. The molecule has 2 heteroatoms. The molecule has 0 aliphatic heterocycles. The lowest BCUT2D eigenvalue weighted by atomic mass is 10.00. The Kier molecular flexibility index (Phi) is 3.07. The van der Waals surface area contributed by atoms with Crippen LogP contribution in [0, 0.1) is 5.92 Å². The minimum Gasteiger partial charge on any atom is -0.388 e. The van der Waals surface area contributed by atoms with Gasteiger partial charge in [-0.1, -0.05) is 26.0 Å². The van der Waals surface area contributed by atoms with Crippen molar-refractivity contribution in [1.82, 2.24) is 0 Å². The number of ketones is 1. The molecule has 0 saturated heterocycles. The average Bonchev–Trinajstić information content (AvgIpc) is 2.16. The zero-order chi connectivity index (χ0) is 9.84. The number of anilines is 1. The fourth-order valence-electron chi connectivity index (χ4n) is 1.23. The van der Waals surface area contributed by atoms with Gasteiger partial charge in [-0.25, -0.2) is 0 Å². The van der Waals surface area contributed by atoms with E-state index in [0.717, 1.165) is 11.3 Å². The summed E-state index contributed by atoms with van der Waals surface area (Å²) in [4.78, 5) is 11.7. The molecule has 0 aliphatic rings. The number of Topliss-reactive ketones (excluding diaryl/α,β-unsaturated/α-hetero) is 1. The second-order valence-electron chi connectivity index (χ2n) is 3.31. The van der Waals surface area contributed by atoms with Gasteiger partial charge in [-0.2, -0.15) is 0 Å². The van der Waals surface area contributed by atoms with Crippen LogP contribution in [0.3, 0.4) is 0 Å². The highest BCUT2D eigenvalue weighted by Crippen LogP contribution is 2.17. The summed E-state index contributed by atoms with van der Waals surface area (Å²) in [6.07, 6.45) is 0. The predicted octanol–water partition coefficient (Wildman–Crippen LogP) is 2.57. The summed E-state index contributed by atoms with van der Waals surface area (Å²) in [5, 5.41) is 3.01. The monoisotopic (exact) mass is 177 g/mol. The van der Waals surface area contributed by atoms with Crippen LogP contribution in [0.25, 0.3) is 0 Å². The Morgan fingerprint density at radius 2 is 1.92 bits per heavy atom. The van der Waals surface area contributed by atoms with Crippen molar-refractivity contribution in [3.8, 4) is 0 Å². The molecular weight excluding hydrogens is 162 g/mol. The molecule has 1 N–H and O–H groups in total. The van der Waals surface area contributed by atoms with Gasteiger partial charge in [0.25, 0.3) is 0 Å². The van der Waals surface area contributed by atoms with E-state index < -0.39 is 0 Å². The second kappa shape index (κ2) is 4.08. The van der Waals surface area contributed by atoms with Crippen molar-refractivity contribution < 1.29 is 4.79 Å². The standard InChI is InChI=1S/C11H15NO/c1-8(2)11(13)9-6-4-5-7-10(9)12-3/h4-8,12H,1-3H3. The average molecular weight is 177 g/mol. The van der Waals surface area contributed by atoms with Gasteiger partial charge in [0.1, 0.15) is 0 Å². The van der Waals surface area contributed by atoms with Gasteiger partial charge in [0.15, 0.2) is 5.78 Å². The molecule has 0 radical (unpaired) electrons. The molecule has 2 nitrogen and oxygen atoms in total. The molecular formula is C11H15NO. The van der Waals surface area contributed by atoms with E-state index in [1.807, 2.05) is 45.2 Å². The molecule has 0 fully saturated rings. The molecule has 1 rings (SSSR count). The Morgan fingerprint density at radius 1 is 1.31 bits per heavy atom. The molecule has 0 atom stereocenters. The molecule has 0 heterocycles. The van der Waals surface area contributed by atoms with Crippen LogP contribution in [0.15, 0.2) is 24.3 Å². The van der Waals surface area contributed by atoms with Crippen LogP contribution in [0.4, 0.5) is 5.69 Å². The maximum absolute atomic E-state index is 11.7. The Morgan fingerprint density at radius 3 is 2.46 bits per heavy atom. The number of rotatable bonds is 3. The topological polar surface area (TPSA) is 29.1 Å². The predicted molar refractivity (Wildman–Crippen MR) is 55.2 cm³/mol. The van der Waals surface area contributed by atoms with Crippen molar-refractivity contribution in [2.75, 3.05) is 12.4 Å². The van der Waals surface area contributed by atoms with Gasteiger partial charge in [0, 0.05) is 24.2 Å². The minimum absolute atomic E-state index is 0.0505. The first-order valence-corrected chi connectivity index (χ1v) is 4.47. The van der Waals surface area contributed by atoms with Crippen LogP contribution in [0.1, 0.15) is 24.2 Å². The van der Waals surface area contributed by atoms with Gasteiger partial charge in [0.2, 0.25) is 0 Å². The van der Waals surface area contributed by atoms with E-state index in [4.69, 9.17) is 0 Å². The van der Waals surface area contributed by atoms with E-state index in [0.29, 0.717) is 0 Å². The summed E-state index contributed by atoms with van der Waals surface area (Å²) in [5.74, 6) is 0.236. The van der Waals surface area contributed by atoms with Gasteiger partial charge in [-0.05, 0) is 12.1 Å². The lowest BCUT2D eigenvalue weighted by Crippen LogP contribution is -2.09. The van der Waals surface area contributed by atoms with Crippen LogP contribution < -0.4 is 5.32 Å². The van der Waals surface area contributed by atoms with Crippen molar-refractivity contribution in [3.05, 3.63) is 29.8 Å². The zero-order valence-corrected chi connectivity index (χ0v) is 8.29. The van der Waals surface area contributed by atoms with Gasteiger partial charge in [0.05, 0.1) is 0 Å². The van der Waals surface area contributed by atoms with E-state index in [-0.39, 0.29) is 11.7 Å². The number of benzene rings is 1. The van der Waals surface area contributed by atoms with Crippen molar-refractivity contribution in [1.29, 1.82) is 0 Å². The summed E-state index contributed by atoms with van der Waals surface area (Å²) in [7, 11) is 1.83. The number of hydrogen-bond donors (Lipinski definition) is 1. The highest BCUT2D eigenvalue weighted by atomic mass is 16.1. The van der Waals surface area contributed by atoms with Crippen LogP contribution in [-0.4, -0.2) is 12.8 Å². The van der Waals surface area contributed by atoms with Crippen LogP contribution >= 0.6 is 0 Å². The summed E-state index contributed by atoms with van der Waals surface area (Å²) in [5.41, 5.74) is 1.68. The van der Waals surface area contributed by atoms with Crippen molar-refractivity contribution in [2.45, 2.75) is 13.8 Å². The number of para-hydroxylation sites is 1. The lowest BCUT2D eigenvalue weighted by Gasteiger charge is -2.09. The summed E-state index contributed by atoms with van der Waals surface area (Å²) >= 11 is 0. The van der Waals surface area contributed by atoms with Crippen LogP contribution in [0.5, 0.6) is 0 Å². The Balaban J connectivity index is 3.06. The summed E-state index contributed by atoms with van der Waals surface area (Å²) in [6.45, 7) is 3.82. The first-order valence-electron chi connectivity index (χ1n) is 4.47. The van der Waals surface area contributed by atoms with Crippen molar-refractivity contribution in [3.63, 3.8) is 0 Å². The van der Waals surface area contributed by atoms with E-state index >= 15 is 0 Å². The molecule has 13 heavy (non-hydrogen) atoms. The molecule has 0 unspecified atom stereocenters. The smallest absolute Gasteiger partial charge is 0.167 e. The number of hydrogen-bond acceptors (Lipinski definition) is 2. The van der Waals surface area contributed by atoms with Gasteiger partial charge < -0.3 is 5.32 Å². The normalized spacial score (nSPS) is 10.2. The first kappa shape index (κ1) is 9.78. The van der Waals surface area contributed by atoms with Crippen molar-refractivity contribution in [2.24, 2.45) is 5.92 Å². The van der Waals surface area contributed by atoms with Gasteiger partial charge in [-0.3, -0.25) is 4.79 Å². The third kappa shape index (κ3) is 2.08. The fraction of sp³-hybridized carbons (Fsp3) is 0.364. The molecule has 70 valence electrons. The third-order valence-electron chi connectivity index (χ3n) is 1.99. The minimum atomic E-state index is 0.0505. The molecule has 0 spiro atoms. The largest absolute Gasteiger partial charge is 0.388 e.